The standard InChI is InChI=1S/C26H26N4O6S/c1-5-6-13-37-26-27-24(34)23-19-9-7-8-10-21(19)29(15(2)31)25(30(23)28-26)20-12-11-18(35-16(3)32)14-22(20)36-17(4)33/h7-12,14,25H,5-6,13H2,1-4H3/p+1/t25-/m1/s1. The summed E-state index contributed by atoms with van der Waals surface area (Å²) >= 11 is 1.41. The summed E-state index contributed by atoms with van der Waals surface area (Å²) in [7, 11) is 0. The summed E-state index contributed by atoms with van der Waals surface area (Å²) in [4.78, 5) is 54.4. The van der Waals surface area contributed by atoms with E-state index in [1.54, 1.807) is 30.3 Å². The van der Waals surface area contributed by atoms with Crippen LogP contribution >= 0.6 is 11.8 Å². The fraction of sp³-hybridized carbons (Fsp3) is 0.308. The van der Waals surface area contributed by atoms with Crippen LogP contribution in [0.1, 0.15) is 52.3 Å². The molecule has 37 heavy (non-hydrogen) atoms. The molecule has 1 atom stereocenters. The van der Waals surface area contributed by atoms with Crippen LogP contribution in [0.4, 0.5) is 5.69 Å². The summed E-state index contributed by atoms with van der Waals surface area (Å²) in [5, 5.41) is 5.13. The number of nitrogens with one attached hydrogen (secondary N) is 1. The Morgan fingerprint density at radius 2 is 1.81 bits per heavy atom. The van der Waals surface area contributed by atoms with Crippen molar-refractivity contribution in [2.24, 2.45) is 0 Å². The van der Waals surface area contributed by atoms with Gasteiger partial charge in [0.05, 0.1) is 16.8 Å². The Morgan fingerprint density at radius 3 is 2.49 bits per heavy atom. The van der Waals surface area contributed by atoms with E-state index < -0.39 is 18.1 Å². The molecule has 0 radical (unpaired) electrons. The molecule has 1 aliphatic heterocycles. The van der Waals surface area contributed by atoms with Gasteiger partial charge in [-0.3, -0.25) is 24.2 Å². The number of para-hydroxylation sites is 1. The molecule has 0 saturated carbocycles. The molecular weight excluding hydrogens is 496 g/mol. The summed E-state index contributed by atoms with van der Waals surface area (Å²) in [5.74, 6) is -0.463. The van der Waals surface area contributed by atoms with E-state index in [-0.39, 0.29) is 28.7 Å². The Kier molecular flexibility index (Phi) is 7.72. The average molecular weight is 524 g/mol. The Balaban J connectivity index is 2.00. The van der Waals surface area contributed by atoms with Crippen LogP contribution < -0.4 is 24.6 Å². The van der Waals surface area contributed by atoms with Gasteiger partial charge in [-0.2, -0.15) is 0 Å². The summed E-state index contributed by atoms with van der Waals surface area (Å²) in [6, 6.07) is 11.6. The van der Waals surface area contributed by atoms with Crippen LogP contribution in [0.3, 0.4) is 0 Å². The molecule has 11 heteroatoms. The normalized spacial score (nSPS) is 13.9. The molecule has 1 aromatic heterocycles. The van der Waals surface area contributed by atoms with Crippen molar-refractivity contribution in [1.29, 1.82) is 0 Å². The zero-order valence-corrected chi connectivity index (χ0v) is 21.8. The number of thioether (sulfide) groups is 1. The maximum Gasteiger partial charge on any atom is 0.325 e. The van der Waals surface area contributed by atoms with Crippen LogP contribution in [0.2, 0.25) is 0 Å². The van der Waals surface area contributed by atoms with Crippen LogP contribution in [0.15, 0.2) is 52.4 Å². The molecule has 0 spiro atoms. The first-order chi connectivity index (χ1) is 17.7. The molecule has 1 N–H and O–H groups in total. The van der Waals surface area contributed by atoms with E-state index in [1.807, 2.05) is 0 Å². The van der Waals surface area contributed by atoms with Crippen LogP contribution in [-0.2, 0) is 14.4 Å². The molecule has 1 amide bonds. The molecule has 192 valence electrons. The van der Waals surface area contributed by atoms with E-state index in [0.29, 0.717) is 22.0 Å². The summed E-state index contributed by atoms with van der Waals surface area (Å²) in [6.07, 6.45) is 0.969. The number of carbonyl (C=O) groups excluding carboxylic acids is 3. The third-order valence-corrected chi connectivity index (χ3v) is 6.56. The van der Waals surface area contributed by atoms with Gasteiger partial charge in [-0.05, 0) is 35.4 Å². The maximum atomic E-state index is 13.4. The van der Waals surface area contributed by atoms with Crippen molar-refractivity contribution in [3.63, 3.8) is 0 Å². The lowest BCUT2D eigenvalue weighted by atomic mass is 10.0. The molecule has 0 bridgehead atoms. The lowest BCUT2D eigenvalue weighted by Gasteiger charge is -2.31. The van der Waals surface area contributed by atoms with Gasteiger partial charge in [0.1, 0.15) is 11.5 Å². The van der Waals surface area contributed by atoms with Crippen LogP contribution in [-0.4, -0.2) is 33.7 Å². The van der Waals surface area contributed by atoms with Gasteiger partial charge in [-0.15, -0.1) is 0 Å². The van der Waals surface area contributed by atoms with Crippen LogP contribution in [0, 0.1) is 0 Å². The first-order valence-electron chi connectivity index (χ1n) is 11.8. The second kappa shape index (κ2) is 11.0. The number of nitrogens with zero attached hydrogens (tertiary/aromatic N) is 3. The highest BCUT2D eigenvalue weighted by atomic mass is 32.2. The molecule has 2 heterocycles. The van der Waals surface area contributed by atoms with Crippen molar-refractivity contribution >= 4 is 35.3 Å². The second-order valence-corrected chi connectivity index (χ2v) is 9.50. The van der Waals surface area contributed by atoms with Crippen molar-refractivity contribution in [3.8, 4) is 22.8 Å². The number of benzene rings is 2. The van der Waals surface area contributed by atoms with Gasteiger partial charge in [-0.1, -0.05) is 37.2 Å². The highest BCUT2D eigenvalue weighted by Crippen LogP contribution is 2.40. The minimum atomic E-state index is -0.962. The van der Waals surface area contributed by atoms with Gasteiger partial charge < -0.3 is 9.47 Å². The molecule has 2 aromatic carbocycles. The van der Waals surface area contributed by atoms with E-state index in [1.165, 1.54) is 54.2 Å². The number of esters is 2. The van der Waals surface area contributed by atoms with E-state index in [2.05, 4.69) is 11.9 Å². The summed E-state index contributed by atoms with van der Waals surface area (Å²) in [6.45, 7) is 5.99. The largest absolute Gasteiger partial charge is 0.427 e. The number of hydrogen-bond acceptors (Lipinski definition) is 8. The Labute approximate surface area is 217 Å². The lowest BCUT2D eigenvalue weighted by Crippen LogP contribution is -2.60. The monoisotopic (exact) mass is 523 g/mol. The maximum absolute atomic E-state index is 13.4. The minimum absolute atomic E-state index is 0.0719. The Bertz CT molecular complexity index is 1440. The Hall–Kier alpha value is -3.99. The molecule has 0 unspecified atom stereocenters. The van der Waals surface area contributed by atoms with Gasteiger partial charge in [0.25, 0.3) is 6.17 Å². The Morgan fingerprint density at radius 1 is 1.08 bits per heavy atom. The van der Waals surface area contributed by atoms with Crippen molar-refractivity contribution in [2.75, 3.05) is 10.7 Å². The highest BCUT2D eigenvalue weighted by Gasteiger charge is 2.46. The van der Waals surface area contributed by atoms with E-state index in [9.17, 15) is 19.2 Å². The number of aromatic nitrogens is 3. The average Bonchev–Trinajstić information content (AvgIpc) is 2.82. The van der Waals surface area contributed by atoms with Crippen LogP contribution in [0.25, 0.3) is 11.3 Å². The molecule has 4 rings (SSSR count). The third kappa shape index (κ3) is 5.41. The number of carbonyl (C=O) groups is 3. The number of aromatic amines is 1. The van der Waals surface area contributed by atoms with E-state index >= 15 is 0 Å². The van der Waals surface area contributed by atoms with Crippen LogP contribution in [0.5, 0.6) is 11.5 Å². The molecular formula is C26H27N4O6S+. The molecule has 1 aliphatic rings. The molecule has 0 aliphatic carbocycles. The van der Waals surface area contributed by atoms with Gasteiger partial charge in [-0.25, -0.2) is 4.90 Å². The quantitative estimate of drug-likeness (QED) is 0.164. The van der Waals surface area contributed by atoms with Crippen molar-refractivity contribution in [2.45, 2.75) is 51.9 Å². The smallest absolute Gasteiger partial charge is 0.325 e. The molecule has 0 fully saturated rings. The zero-order chi connectivity index (χ0) is 26.7. The van der Waals surface area contributed by atoms with Gasteiger partial charge in [0.15, 0.2) is 0 Å². The van der Waals surface area contributed by atoms with E-state index in [4.69, 9.17) is 14.6 Å². The predicted molar refractivity (Wildman–Crippen MR) is 136 cm³/mol. The van der Waals surface area contributed by atoms with Crippen molar-refractivity contribution in [1.82, 2.24) is 10.1 Å². The fourth-order valence-corrected chi connectivity index (χ4v) is 5.11. The number of anilines is 1. The van der Waals surface area contributed by atoms with E-state index in [0.717, 1.165) is 18.6 Å². The van der Waals surface area contributed by atoms with Gasteiger partial charge >= 0.3 is 23.2 Å². The highest BCUT2D eigenvalue weighted by molar-refractivity contribution is 7.99. The molecule has 10 nitrogen and oxygen atoms in total. The number of rotatable bonds is 7. The topological polar surface area (TPSA) is 123 Å². The number of amides is 1. The van der Waals surface area contributed by atoms with Gasteiger partial charge in [0.2, 0.25) is 11.1 Å². The first-order valence-corrected chi connectivity index (χ1v) is 12.8. The lowest BCUT2D eigenvalue weighted by molar-refractivity contribution is -0.763. The zero-order valence-electron chi connectivity index (χ0n) is 20.9. The fourth-order valence-electron chi connectivity index (χ4n) is 4.17. The predicted octanol–water partition coefficient (Wildman–Crippen LogP) is 3.38. The number of fused-ring (bicyclic) bond motifs is 3. The molecule has 0 saturated heterocycles. The third-order valence-electron chi connectivity index (χ3n) is 5.61. The second-order valence-electron chi connectivity index (χ2n) is 8.42. The SMILES string of the molecule is CCCCSc1n[n+]2c(c(=O)[nH]1)-c1ccccc1N(C(C)=O)[C@H]2c1ccc(OC(C)=O)cc1OC(C)=O. The summed E-state index contributed by atoms with van der Waals surface area (Å²) < 4.78 is 12.2. The number of unbranched alkanes of at least 4 members (excludes halogenated alkanes) is 1. The van der Waals surface area contributed by atoms with Gasteiger partial charge in [0, 0.05) is 37.7 Å². The van der Waals surface area contributed by atoms with Crippen molar-refractivity contribution < 1.29 is 28.5 Å². The number of H-pyrrole nitrogens is 1. The molecule has 3 aromatic rings. The summed E-state index contributed by atoms with van der Waals surface area (Å²) in [5.41, 5.74) is 1.33. The minimum Gasteiger partial charge on any atom is -0.427 e. The number of hydrogen-bond donors (Lipinski definition) is 1. The first kappa shape index (κ1) is 26.1. The van der Waals surface area contributed by atoms with Crippen molar-refractivity contribution in [3.05, 3.63) is 58.4 Å². The number of ether oxygens (including phenoxy) is 2.